The molecule has 0 fully saturated rings. The normalized spacial score (nSPS) is 10.5. The van der Waals surface area contributed by atoms with E-state index in [4.69, 9.17) is 11.6 Å². The maximum absolute atomic E-state index is 11.1. The standard InChI is InChI=1S/C9H11ClO2S.C2H6/c1-3-7-4-5-8(6-9(7)10)13(2,11)12;1-2/h4-6H,3H2,1-2H3;1-2H3. The first-order chi connectivity index (χ1) is 6.95. The number of benzene rings is 1. The van der Waals surface area contributed by atoms with Crippen LogP contribution >= 0.6 is 11.6 Å². The largest absolute Gasteiger partial charge is 0.224 e. The average molecular weight is 249 g/mol. The minimum atomic E-state index is -3.13. The summed E-state index contributed by atoms with van der Waals surface area (Å²) in [4.78, 5) is 0.273. The number of sulfone groups is 1. The van der Waals surface area contributed by atoms with E-state index in [1.165, 1.54) is 12.3 Å². The van der Waals surface area contributed by atoms with E-state index >= 15 is 0 Å². The van der Waals surface area contributed by atoms with Gasteiger partial charge in [0, 0.05) is 11.3 Å². The van der Waals surface area contributed by atoms with Crippen LogP contribution in [0.1, 0.15) is 26.3 Å². The first-order valence-corrected chi connectivity index (χ1v) is 7.20. The van der Waals surface area contributed by atoms with Gasteiger partial charge in [-0.3, -0.25) is 0 Å². The number of rotatable bonds is 2. The van der Waals surface area contributed by atoms with Gasteiger partial charge in [0.25, 0.3) is 0 Å². The van der Waals surface area contributed by atoms with Crippen LogP contribution in [0.2, 0.25) is 5.02 Å². The molecule has 0 saturated heterocycles. The van der Waals surface area contributed by atoms with Crippen molar-refractivity contribution in [1.82, 2.24) is 0 Å². The van der Waals surface area contributed by atoms with Gasteiger partial charge in [0.05, 0.1) is 4.90 Å². The summed E-state index contributed by atoms with van der Waals surface area (Å²) in [6.45, 7) is 5.97. The molecule has 0 aliphatic rings. The minimum absolute atomic E-state index is 0.273. The second kappa shape index (κ2) is 6.13. The number of aryl methyl sites for hydroxylation is 1. The Kier molecular flexibility index (Phi) is 5.91. The van der Waals surface area contributed by atoms with Gasteiger partial charge in [-0.25, -0.2) is 8.42 Å². The van der Waals surface area contributed by atoms with Gasteiger partial charge in [0.15, 0.2) is 9.84 Å². The maximum Gasteiger partial charge on any atom is 0.175 e. The Bertz CT molecular complexity index is 411. The van der Waals surface area contributed by atoms with E-state index in [1.54, 1.807) is 12.1 Å². The van der Waals surface area contributed by atoms with E-state index in [0.29, 0.717) is 5.02 Å². The fraction of sp³-hybridized carbons (Fsp3) is 0.455. The highest BCUT2D eigenvalue weighted by molar-refractivity contribution is 7.90. The molecule has 0 saturated carbocycles. The summed E-state index contributed by atoms with van der Waals surface area (Å²) >= 11 is 5.87. The molecule has 2 nitrogen and oxygen atoms in total. The van der Waals surface area contributed by atoms with Gasteiger partial charge in [-0.1, -0.05) is 38.4 Å². The molecule has 15 heavy (non-hydrogen) atoms. The third-order valence-corrected chi connectivity index (χ3v) is 3.30. The van der Waals surface area contributed by atoms with E-state index < -0.39 is 9.84 Å². The quantitative estimate of drug-likeness (QED) is 0.805. The van der Waals surface area contributed by atoms with Crippen molar-refractivity contribution in [3.05, 3.63) is 28.8 Å². The summed E-state index contributed by atoms with van der Waals surface area (Å²) < 4.78 is 22.3. The Morgan fingerprint density at radius 2 is 1.80 bits per heavy atom. The summed E-state index contributed by atoms with van der Waals surface area (Å²) in [7, 11) is -3.13. The molecule has 1 aromatic carbocycles. The molecule has 0 spiro atoms. The summed E-state index contributed by atoms with van der Waals surface area (Å²) in [5.41, 5.74) is 0.967. The zero-order valence-corrected chi connectivity index (χ0v) is 11.1. The molecule has 1 rings (SSSR count). The number of halogens is 1. The van der Waals surface area contributed by atoms with Crippen molar-refractivity contribution < 1.29 is 8.42 Å². The Morgan fingerprint density at radius 3 is 2.13 bits per heavy atom. The van der Waals surface area contributed by atoms with Crippen LogP contribution in [0.3, 0.4) is 0 Å². The van der Waals surface area contributed by atoms with Crippen molar-refractivity contribution in [1.29, 1.82) is 0 Å². The van der Waals surface area contributed by atoms with E-state index in [1.807, 2.05) is 20.8 Å². The average Bonchev–Trinajstić information content (AvgIpc) is 2.19. The van der Waals surface area contributed by atoms with Crippen molar-refractivity contribution in [2.75, 3.05) is 6.26 Å². The summed E-state index contributed by atoms with van der Waals surface area (Å²) in [5, 5.41) is 0.519. The SMILES string of the molecule is CC.CCc1ccc(S(C)(=O)=O)cc1Cl. The van der Waals surface area contributed by atoms with Crippen LogP contribution in [0, 0.1) is 0 Å². The molecule has 0 aromatic heterocycles. The molecule has 1 aromatic rings. The fourth-order valence-electron chi connectivity index (χ4n) is 1.05. The predicted molar refractivity (Wildman–Crippen MR) is 65.3 cm³/mol. The summed E-state index contributed by atoms with van der Waals surface area (Å²) in [6, 6.07) is 4.83. The van der Waals surface area contributed by atoms with Crippen LogP contribution in [-0.2, 0) is 16.3 Å². The highest BCUT2D eigenvalue weighted by atomic mass is 35.5. The van der Waals surface area contributed by atoms with Crippen LogP contribution in [0.4, 0.5) is 0 Å². The van der Waals surface area contributed by atoms with E-state index in [2.05, 4.69) is 0 Å². The summed E-state index contributed by atoms with van der Waals surface area (Å²) in [6.07, 6.45) is 1.98. The molecular formula is C11H17ClO2S. The highest BCUT2D eigenvalue weighted by Crippen LogP contribution is 2.20. The summed E-state index contributed by atoms with van der Waals surface area (Å²) in [5.74, 6) is 0. The van der Waals surface area contributed by atoms with Gasteiger partial charge >= 0.3 is 0 Å². The van der Waals surface area contributed by atoms with Crippen molar-refractivity contribution in [2.24, 2.45) is 0 Å². The molecule has 86 valence electrons. The number of hydrogen-bond donors (Lipinski definition) is 0. The van der Waals surface area contributed by atoms with Crippen LogP contribution in [0.25, 0.3) is 0 Å². The fourth-order valence-corrected chi connectivity index (χ4v) is 2.07. The molecular weight excluding hydrogens is 232 g/mol. The van der Waals surface area contributed by atoms with Gasteiger partial charge in [-0.2, -0.15) is 0 Å². The molecule has 4 heteroatoms. The molecule has 0 unspecified atom stereocenters. The Hall–Kier alpha value is -0.540. The second-order valence-electron chi connectivity index (χ2n) is 2.88. The minimum Gasteiger partial charge on any atom is -0.224 e. The second-order valence-corrected chi connectivity index (χ2v) is 5.30. The molecule has 0 aliphatic heterocycles. The Balaban J connectivity index is 0.000000921. The zero-order chi connectivity index (χ0) is 12.1. The van der Waals surface area contributed by atoms with Crippen LogP contribution in [0.15, 0.2) is 23.1 Å². The third-order valence-electron chi connectivity index (χ3n) is 1.83. The van der Waals surface area contributed by atoms with Crippen LogP contribution in [0.5, 0.6) is 0 Å². The van der Waals surface area contributed by atoms with Crippen LogP contribution in [-0.4, -0.2) is 14.7 Å². The lowest BCUT2D eigenvalue weighted by Crippen LogP contribution is -1.97. The number of hydrogen-bond acceptors (Lipinski definition) is 2. The van der Waals surface area contributed by atoms with Gasteiger partial charge < -0.3 is 0 Å². The lowest BCUT2D eigenvalue weighted by Gasteiger charge is -2.03. The van der Waals surface area contributed by atoms with Crippen molar-refractivity contribution in [2.45, 2.75) is 32.1 Å². The van der Waals surface area contributed by atoms with Gasteiger partial charge in [-0.15, -0.1) is 0 Å². The molecule has 0 bridgehead atoms. The van der Waals surface area contributed by atoms with E-state index in [-0.39, 0.29) is 4.90 Å². The molecule has 0 heterocycles. The van der Waals surface area contributed by atoms with Crippen LogP contribution < -0.4 is 0 Å². The first kappa shape index (κ1) is 14.5. The maximum atomic E-state index is 11.1. The lowest BCUT2D eigenvalue weighted by atomic mass is 10.2. The molecule has 0 amide bonds. The predicted octanol–water partition coefficient (Wildman–Crippen LogP) is 3.33. The third kappa shape index (κ3) is 4.22. The van der Waals surface area contributed by atoms with Crippen molar-refractivity contribution in [3.63, 3.8) is 0 Å². The smallest absolute Gasteiger partial charge is 0.175 e. The molecule has 0 N–H and O–H groups in total. The lowest BCUT2D eigenvalue weighted by molar-refractivity contribution is 0.602. The molecule has 0 atom stereocenters. The van der Waals surface area contributed by atoms with Gasteiger partial charge in [0.2, 0.25) is 0 Å². The molecule has 0 radical (unpaired) electrons. The highest BCUT2D eigenvalue weighted by Gasteiger charge is 2.08. The monoisotopic (exact) mass is 248 g/mol. The molecule has 0 aliphatic carbocycles. The van der Waals surface area contributed by atoms with Crippen molar-refractivity contribution in [3.8, 4) is 0 Å². The van der Waals surface area contributed by atoms with Crippen molar-refractivity contribution >= 4 is 21.4 Å². The van der Waals surface area contributed by atoms with Gasteiger partial charge in [-0.05, 0) is 24.1 Å². The van der Waals surface area contributed by atoms with E-state index in [9.17, 15) is 8.42 Å². The Morgan fingerprint density at radius 1 is 1.27 bits per heavy atom. The topological polar surface area (TPSA) is 34.1 Å². The first-order valence-electron chi connectivity index (χ1n) is 4.93. The Labute approximate surface area is 97.2 Å². The zero-order valence-electron chi connectivity index (χ0n) is 9.54. The van der Waals surface area contributed by atoms with E-state index in [0.717, 1.165) is 12.0 Å². The van der Waals surface area contributed by atoms with Gasteiger partial charge in [0.1, 0.15) is 0 Å².